The van der Waals surface area contributed by atoms with Crippen LogP contribution in [-0.2, 0) is 10.9 Å². The normalized spacial score (nSPS) is 11.6. The smallest absolute Gasteiger partial charge is 0.416 e. The molecule has 32 heavy (non-hydrogen) atoms. The number of halogens is 4. The van der Waals surface area contributed by atoms with Crippen molar-refractivity contribution in [1.29, 1.82) is 0 Å². The lowest BCUT2D eigenvalue weighted by atomic mass is 10.1. The molecular weight excluding hydrogens is 465 g/mol. The van der Waals surface area contributed by atoms with Crippen molar-refractivity contribution in [3.63, 3.8) is 0 Å². The number of methoxy groups -OCH3 is 1. The second kappa shape index (κ2) is 9.47. The number of urea groups is 1. The van der Waals surface area contributed by atoms with Gasteiger partial charge in [0, 0.05) is 25.2 Å². The first-order valence-electron chi connectivity index (χ1n) is 8.25. The Morgan fingerprint density at radius 1 is 1.12 bits per heavy atom. The summed E-state index contributed by atoms with van der Waals surface area (Å²) in [7, 11) is 2.33. The molecule has 0 fully saturated rings. The summed E-state index contributed by atoms with van der Waals surface area (Å²) < 4.78 is 49.1. The minimum absolute atomic E-state index is 0.237. The number of nitrogens with zero attached hydrogens (tertiary/aromatic N) is 3. The van der Waals surface area contributed by atoms with Gasteiger partial charge in [0.05, 0.1) is 27.5 Å². The SMILES string of the molecule is CNC(=O)N=C(OC)c1cc(Oc2c(Cl)cc(C(F)(F)F)cc2[N+](=O)[O-])ccc1[N+](=O)[O-]. The zero-order valence-electron chi connectivity index (χ0n) is 16.1. The molecule has 2 aromatic rings. The third-order valence-corrected chi connectivity index (χ3v) is 4.05. The minimum Gasteiger partial charge on any atom is -0.480 e. The van der Waals surface area contributed by atoms with E-state index in [1.165, 1.54) is 7.05 Å². The molecule has 0 saturated heterocycles. The van der Waals surface area contributed by atoms with Gasteiger partial charge in [0.25, 0.3) is 5.69 Å². The van der Waals surface area contributed by atoms with E-state index in [-0.39, 0.29) is 17.4 Å². The number of nitro groups is 2. The number of nitrogens with one attached hydrogen (secondary N) is 1. The quantitative estimate of drug-likeness (QED) is 0.285. The van der Waals surface area contributed by atoms with Gasteiger partial charge in [0.1, 0.15) is 11.3 Å². The number of ether oxygens (including phenoxy) is 2. The van der Waals surface area contributed by atoms with E-state index in [1.54, 1.807) is 0 Å². The van der Waals surface area contributed by atoms with E-state index in [1.807, 2.05) is 0 Å². The maximum absolute atomic E-state index is 13.0. The van der Waals surface area contributed by atoms with E-state index in [0.717, 1.165) is 25.3 Å². The Morgan fingerprint density at radius 2 is 1.75 bits per heavy atom. The number of hydrogen-bond acceptors (Lipinski definition) is 7. The fourth-order valence-electron chi connectivity index (χ4n) is 2.37. The highest BCUT2D eigenvalue weighted by Gasteiger charge is 2.35. The number of carbonyl (C=O) groups is 1. The van der Waals surface area contributed by atoms with Crippen molar-refractivity contribution in [2.75, 3.05) is 14.2 Å². The van der Waals surface area contributed by atoms with Crippen LogP contribution in [-0.4, -0.2) is 35.9 Å². The number of hydrogen-bond donors (Lipinski definition) is 1. The van der Waals surface area contributed by atoms with Crippen LogP contribution < -0.4 is 10.1 Å². The molecule has 2 amide bonds. The molecule has 11 nitrogen and oxygen atoms in total. The minimum atomic E-state index is -4.91. The summed E-state index contributed by atoms with van der Waals surface area (Å²) >= 11 is 5.79. The van der Waals surface area contributed by atoms with Gasteiger partial charge in [-0.1, -0.05) is 11.6 Å². The lowest BCUT2D eigenvalue weighted by Crippen LogP contribution is -2.17. The summed E-state index contributed by atoms with van der Waals surface area (Å²) in [6.07, 6.45) is -4.91. The van der Waals surface area contributed by atoms with Gasteiger partial charge in [0.2, 0.25) is 11.6 Å². The number of nitro benzene ring substituents is 2. The molecule has 0 radical (unpaired) electrons. The zero-order chi connectivity index (χ0) is 24.2. The Hall–Kier alpha value is -3.94. The van der Waals surface area contributed by atoms with Crippen molar-refractivity contribution in [2.45, 2.75) is 6.18 Å². The average molecular weight is 477 g/mol. The number of aliphatic imine (C=N–C) groups is 1. The first kappa shape index (κ1) is 24.3. The predicted molar refractivity (Wildman–Crippen MR) is 104 cm³/mol. The molecule has 0 aliphatic rings. The van der Waals surface area contributed by atoms with Crippen LogP contribution >= 0.6 is 11.6 Å². The van der Waals surface area contributed by atoms with Crippen molar-refractivity contribution in [2.24, 2.45) is 4.99 Å². The molecule has 0 spiro atoms. The molecule has 2 rings (SSSR count). The van der Waals surface area contributed by atoms with E-state index in [9.17, 15) is 38.2 Å². The summed E-state index contributed by atoms with van der Waals surface area (Å²) in [6.45, 7) is 0. The summed E-state index contributed by atoms with van der Waals surface area (Å²) in [6, 6.07) is 2.68. The largest absolute Gasteiger partial charge is 0.480 e. The Kier molecular flexibility index (Phi) is 7.20. The number of alkyl halides is 3. The lowest BCUT2D eigenvalue weighted by Gasteiger charge is -2.13. The van der Waals surface area contributed by atoms with Crippen LogP contribution in [0.2, 0.25) is 5.02 Å². The van der Waals surface area contributed by atoms with Crippen LogP contribution in [0.5, 0.6) is 11.5 Å². The van der Waals surface area contributed by atoms with Gasteiger partial charge in [-0.15, -0.1) is 0 Å². The van der Waals surface area contributed by atoms with E-state index in [2.05, 4.69) is 10.3 Å². The monoisotopic (exact) mass is 476 g/mol. The van der Waals surface area contributed by atoms with Crippen molar-refractivity contribution in [1.82, 2.24) is 5.32 Å². The molecule has 15 heteroatoms. The second-order valence-electron chi connectivity index (χ2n) is 5.78. The molecule has 0 aromatic heterocycles. The Labute approximate surface area is 181 Å². The fourth-order valence-corrected chi connectivity index (χ4v) is 2.62. The molecule has 2 aromatic carbocycles. The topological polar surface area (TPSA) is 146 Å². The molecule has 1 N–H and O–H groups in total. The molecule has 0 saturated carbocycles. The first-order chi connectivity index (χ1) is 14.9. The summed E-state index contributed by atoms with van der Waals surface area (Å²) in [4.78, 5) is 35.7. The van der Waals surface area contributed by atoms with Gasteiger partial charge >= 0.3 is 17.9 Å². The summed E-state index contributed by atoms with van der Waals surface area (Å²) in [5, 5.41) is 24.1. The van der Waals surface area contributed by atoms with Gasteiger partial charge in [-0.3, -0.25) is 20.2 Å². The Morgan fingerprint density at radius 3 is 2.25 bits per heavy atom. The molecule has 0 aliphatic carbocycles. The third-order valence-electron chi connectivity index (χ3n) is 3.77. The van der Waals surface area contributed by atoms with Crippen molar-refractivity contribution in [3.05, 3.63) is 66.7 Å². The highest BCUT2D eigenvalue weighted by molar-refractivity contribution is 6.32. The number of benzene rings is 2. The maximum Gasteiger partial charge on any atom is 0.416 e. The van der Waals surface area contributed by atoms with Gasteiger partial charge in [-0.05, 0) is 12.1 Å². The van der Waals surface area contributed by atoms with E-state index < -0.39 is 55.7 Å². The first-order valence-corrected chi connectivity index (χ1v) is 8.63. The van der Waals surface area contributed by atoms with Crippen LogP contribution in [0.25, 0.3) is 0 Å². The third kappa shape index (κ3) is 5.40. The predicted octanol–water partition coefficient (Wildman–Crippen LogP) is 4.70. The van der Waals surface area contributed by atoms with Crippen LogP contribution in [0.1, 0.15) is 11.1 Å². The fraction of sp³-hybridized carbons (Fsp3) is 0.176. The zero-order valence-corrected chi connectivity index (χ0v) is 16.9. The Balaban J connectivity index is 2.64. The summed E-state index contributed by atoms with van der Waals surface area (Å²) in [5.41, 5.74) is -3.36. The lowest BCUT2D eigenvalue weighted by molar-refractivity contribution is -0.385. The number of rotatable bonds is 5. The van der Waals surface area contributed by atoms with Gasteiger partial charge in [-0.2, -0.15) is 18.2 Å². The summed E-state index contributed by atoms with van der Waals surface area (Å²) in [5.74, 6) is -1.52. The molecule has 0 heterocycles. The highest BCUT2D eigenvalue weighted by atomic mass is 35.5. The van der Waals surface area contributed by atoms with E-state index >= 15 is 0 Å². The molecule has 0 bridgehead atoms. The molecule has 0 unspecified atom stereocenters. The standard InChI is InChI=1S/C17H12ClF3N4O7/c1-22-16(26)23-15(31-2)10-7-9(3-4-12(10)24(27)28)32-14-11(18)5-8(17(19,20)21)6-13(14)25(29)30/h3-7H,1-2H3,(H,22,26). The van der Waals surface area contributed by atoms with Crippen LogP contribution in [0.3, 0.4) is 0 Å². The van der Waals surface area contributed by atoms with Crippen LogP contribution in [0.15, 0.2) is 35.3 Å². The molecule has 0 aliphatic heterocycles. The van der Waals surface area contributed by atoms with Gasteiger partial charge < -0.3 is 14.8 Å². The van der Waals surface area contributed by atoms with Gasteiger partial charge in [0.15, 0.2) is 0 Å². The molecular formula is C17H12ClF3N4O7. The van der Waals surface area contributed by atoms with Crippen LogP contribution in [0.4, 0.5) is 29.3 Å². The van der Waals surface area contributed by atoms with Crippen molar-refractivity contribution < 1.29 is 37.3 Å². The van der Waals surface area contributed by atoms with Gasteiger partial charge in [-0.25, -0.2) is 4.79 Å². The van der Waals surface area contributed by atoms with E-state index in [4.69, 9.17) is 21.1 Å². The number of amides is 2. The van der Waals surface area contributed by atoms with Crippen LogP contribution in [0, 0.1) is 20.2 Å². The maximum atomic E-state index is 13.0. The average Bonchev–Trinajstić information content (AvgIpc) is 2.71. The van der Waals surface area contributed by atoms with Crippen molar-refractivity contribution >= 4 is 34.9 Å². The molecule has 170 valence electrons. The second-order valence-corrected chi connectivity index (χ2v) is 6.18. The van der Waals surface area contributed by atoms with E-state index in [0.29, 0.717) is 6.07 Å². The highest BCUT2D eigenvalue weighted by Crippen LogP contribution is 2.43. The molecule has 0 atom stereocenters. The Bertz CT molecular complexity index is 1120. The number of carbonyl (C=O) groups excluding carboxylic acids is 1. The van der Waals surface area contributed by atoms with Crippen molar-refractivity contribution in [3.8, 4) is 11.5 Å².